The molecule has 1 saturated heterocycles. The van der Waals surface area contributed by atoms with E-state index in [9.17, 15) is 4.79 Å². The average molecular weight is 289 g/mol. The molecule has 0 spiro atoms. The van der Waals surface area contributed by atoms with Crippen molar-refractivity contribution in [1.82, 2.24) is 24.8 Å². The molecule has 2 aromatic heterocycles. The van der Waals surface area contributed by atoms with Crippen LogP contribution in [0.15, 0.2) is 6.33 Å². The highest BCUT2D eigenvalue weighted by Crippen LogP contribution is 2.23. The molecule has 0 aliphatic carbocycles. The lowest BCUT2D eigenvalue weighted by Gasteiger charge is -2.36. The minimum Gasteiger partial charge on any atom is -0.368 e. The number of hydrogen-bond donors (Lipinski definition) is 2. The Morgan fingerprint density at radius 3 is 2.67 bits per heavy atom. The number of anilines is 2. The average Bonchev–Trinajstić information content (AvgIpc) is 2.93. The molecule has 0 aromatic carbocycles. The van der Waals surface area contributed by atoms with Crippen LogP contribution in [0.25, 0.3) is 11.2 Å². The van der Waals surface area contributed by atoms with E-state index in [0.717, 1.165) is 24.4 Å². The van der Waals surface area contributed by atoms with Gasteiger partial charge in [0.05, 0.1) is 6.33 Å². The number of aromatic amines is 1. The van der Waals surface area contributed by atoms with Gasteiger partial charge in [-0.05, 0) is 0 Å². The van der Waals surface area contributed by atoms with Crippen molar-refractivity contribution in [3.63, 3.8) is 0 Å². The van der Waals surface area contributed by atoms with Gasteiger partial charge in [0.25, 0.3) is 0 Å². The molecule has 1 fully saturated rings. The minimum absolute atomic E-state index is 0.0329. The summed E-state index contributed by atoms with van der Waals surface area (Å²) in [4.78, 5) is 31.6. The monoisotopic (exact) mass is 289 g/mol. The van der Waals surface area contributed by atoms with Gasteiger partial charge in [-0.15, -0.1) is 0 Å². The van der Waals surface area contributed by atoms with Gasteiger partial charge in [0.15, 0.2) is 11.5 Å². The molecule has 8 nitrogen and oxygen atoms in total. The number of carbonyl (C=O) groups is 1. The predicted molar refractivity (Wildman–Crippen MR) is 79.7 cm³/mol. The van der Waals surface area contributed by atoms with E-state index in [0.29, 0.717) is 18.7 Å². The number of carbonyl (C=O) groups excluding carboxylic acids is 1. The number of aromatic nitrogens is 4. The van der Waals surface area contributed by atoms with Crippen LogP contribution >= 0.6 is 0 Å². The molecule has 0 atom stereocenters. The number of nitrogen functional groups attached to an aromatic ring is 1. The molecule has 3 heterocycles. The van der Waals surface area contributed by atoms with Crippen molar-refractivity contribution in [2.24, 2.45) is 5.92 Å². The van der Waals surface area contributed by atoms with Gasteiger partial charge in [-0.3, -0.25) is 4.79 Å². The highest BCUT2D eigenvalue weighted by molar-refractivity contribution is 5.84. The van der Waals surface area contributed by atoms with Crippen molar-refractivity contribution in [1.29, 1.82) is 0 Å². The zero-order chi connectivity index (χ0) is 15.0. The van der Waals surface area contributed by atoms with Gasteiger partial charge in [0.1, 0.15) is 5.52 Å². The van der Waals surface area contributed by atoms with Crippen LogP contribution in [0.1, 0.15) is 13.8 Å². The van der Waals surface area contributed by atoms with E-state index in [1.807, 2.05) is 18.7 Å². The van der Waals surface area contributed by atoms with E-state index in [2.05, 4.69) is 24.8 Å². The number of nitrogens with zero attached hydrogens (tertiary/aromatic N) is 5. The lowest BCUT2D eigenvalue weighted by molar-refractivity contribution is -0.134. The number of rotatable bonds is 2. The maximum atomic E-state index is 12.0. The van der Waals surface area contributed by atoms with Gasteiger partial charge < -0.3 is 20.5 Å². The molecule has 0 bridgehead atoms. The number of imidazole rings is 1. The van der Waals surface area contributed by atoms with Crippen LogP contribution in [0.3, 0.4) is 0 Å². The molecular formula is C13H19N7O. The number of nitrogens with two attached hydrogens (primary N) is 1. The summed E-state index contributed by atoms with van der Waals surface area (Å²) in [6.07, 6.45) is 1.58. The highest BCUT2D eigenvalue weighted by atomic mass is 16.2. The summed E-state index contributed by atoms with van der Waals surface area (Å²) in [6, 6.07) is 0. The minimum atomic E-state index is 0.0329. The van der Waals surface area contributed by atoms with E-state index in [1.165, 1.54) is 0 Å². The number of fused-ring (bicyclic) bond motifs is 1. The van der Waals surface area contributed by atoms with Gasteiger partial charge >= 0.3 is 0 Å². The molecule has 3 rings (SSSR count). The van der Waals surface area contributed by atoms with Crippen molar-refractivity contribution in [2.75, 3.05) is 36.8 Å². The quantitative estimate of drug-likeness (QED) is 0.820. The molecule has 1 aliphatic heterocycles. The SMILES string of the molecule is CC(C)C(=O)N1CCN(c2nc(N)nc3nc[nH]c23)CC1. The summed E-state index contributed by atoms with van der Waals surface area (Å²) in [6.45, 7) is 6.68. The Kier molecular flexibility index (Phi) is 3.36. The number of H-pyrrole nitrogens is 1. The predicted octanol–water partition coefficient (Wildman–Crippen LogP) is 0.240. The lowest BCUT2D eigenvalue weighted by atomic mass is 10.1. The van der Waals surface area contributed by atoms with Gasteiger partial charge in [-0.1, -0.05) is 13.8 Å². The van der Waals surface area contributed by atoms with E-state index in [-0.39, 0.29) is 17.8 Å². The molecule has 1 aliphatic rings. The van der Waals surface area contributed by atoms with E-state index < -0.39 is 0 Å². The van der Waals surface area contributed by atoms with Crippen molar-refractivity contribution in [3.8, 4) is 0 Å². The Balaban J connectivity index is 1.80. The second kappa shape index (κ2) is 5.19. The first kappa shape index (κ1) is 13.6. The van der Waals surface area contributed by atoms with Crippen LogP contribution in [-0.4, -0.2) is 56.9 Å². The Morgan fingerprint density at radius 2 is 2.00 bits per heavy atom. The molecule has 2 aromatic rings. The first-order valence-corrected chi connectivity index (χ1v) is 7.06. The van der Waals surface area contributed by atoms with Gasteiger partial charge in [-0.25, -0.2) is 4.98 Å². The van der Waals surface area contributed by atoms with Crippen molar-refractivity contribution in [2.45, 2.75) is 13.8 Å². The number of amides is 1. The van der Waals surface area contributed by atoms with Crippen LogP contribution in [0.4, 0.5) is 11.8 Å². The summed E-state index contributed by atoms with van der Waals surface area (Å²) < 4.78 is 0. The largest absolute Gasteiger partial charge is 0.368 e. The van der Waals surface area contributed by atoms with Gasteiger partial charge in [0, 0.05) is 32.1 Å². The first-order valence-electron chi connectivity index (χ1n) is 7.06. The zero-order valence-electron chi connectivity index (χ0n) is 12.2. The number of piperazine rings is 1. The molecule has 0 radical (unpaired) electrons. The smallest absolute Gasteiger partial charge is 0.225 e. The molecule has 112 valence electrons. The summed E-state index contributed by atoms with van der Waals surface area (Å²) in [7, 11) is 0. The van der Waals surface area contributed by atoms with E-state index in [1.54, 1.807) is 6.33 Å². The Bertz CT molecular complexity index is 658. The van der Waals surface area contributed by atoms with Crippen LogP contribution in [0, 0.1) is 5.92 Å². The van der Waals surface area contributed by atoms with Crippen LogP contribution < -0.4 is 10.6 Å². The van der Waals surface area contributed by atoms with Crippen LogP contribution in [-0.2, 0) is 4.79 Å². The summed E-state index contributed by atoms with van der Waals surface area (Å²) in [5, 5.41) is 0. The van der Waals surface area contributed by atoms with E-state index >= 15 is 0 Å². The molecule has 3 N–H and O–H groups in total. The Morgan fingerprint density at radius 1 is 1.29 bits per heavy atom. The maximum absolute atomic E-state index is 12.0. The third-order valence-corrected chi connectivity index (χ3v) is 3.67. The van der Waals surface area contributed by atoms with Gasteiger partial charge in [-0.2, -0.15) is 9.97 Å². The number of hydrogen-bond acceptors (Lipinski definition) is 6. The summed E-state index contributed by atoms with van der Waals surface area (Å²) >= 11 is 0. The maximum Gasteiger partial charge on any atom is 0.225 e. The summed E-state index contributed by atoms with van der Waals surface area (Å²) in [5.41, 5.74) is 7.09. The first-order chi connectivity index (χ1) is 10.1. The molecule has 1 amide bonds. The Hall–Kier alpha value is -2.38. The Labute approximate surface area is 122 Å². The topological polar surface area (TPSA) is 104 Å². The highest BCUT2D eigenvalue weighted by Gasteiger charge is 2.25. The summed E-state index contributed by atoms with van der Waals surface area (Å²) in [5.74, 6) is 1.20. The second-order valence-electron chi connectivity index (χ2n) is 5.47. The normalized spacial score (nSPS) is 16.0. The lowest BCUT2D eigenvalue weighted by Crippen LogP contribution is -2.50. The standard InChI is InChI=1S/C13H19N7O/c1-8(2)12(21)20-5-3-19(4-6-20)11-9-10(16-7-15-9)17-13(14)18-11/h7-8H,3-6H2,1-2H3,(H3,14,15,16,17,18). The zero-order valence-corrected chi connectivity index (χ0v) is 12.2. The van der Waals surface area contributed by atoms with Crippen LogP contribution in [0.2, 0.25) is 0 Å². The third-order valence-electron chi connectivity index (χ3n) is 3.67. The third kappa shape index (κ3) is 2.48. The van der Waals surface area contributed by atoms with Crippen LogP contribution in [0.5, 0.6) is 0 Å². The fourth-order valence-corrected chi connectivity index (χ4v) is 2.57. The van der Waals surface area contributed by atoms with E-state index in [4.69, 9.17) is 5.73 Å². The molecule has 21 heavy (non-hydrogen) atoms. The van der Waals surface area contributed by atoms with Crippen molar-refractivity contribution < 1.29 is 4.79 Å². The molecule has 8 heteroatoms. The number of nitrogens with one attached hydrogen (secondary N) is 1. The molecule has 0 saturated carbocycles. The fraction of sp³-hybridized carbons (Fsp3) is 0.538. The van der Waals surface area contributed by atoms with Crippen molar-refractivity contribution in [3.05, 3.63) is 6.33 Å². The fourth-order valence-electron chi connectivity index (χ4n) is 2.57. The molecule has 0 unspecified atom stereocenters. The van der Waals surface area contributed by atoms with Crippen molar-refractivity contribution >= 4 is 28.8 Å². The van der Waals surface area contributed by atoms with Gasteiger partial charge in [0.2, 0.25) is 11.9 Å². The second-order valence-corrected chi connectivity index (χ2v) is 5.47. The molecular weight excluding hydrogens is 270 g/mol.